The predicted octanol–water partition coefficient (Wildman–Crippen LogP) is 2.32. The minimum absolute atomic E-state index is 0.0564. The van der Waals surface area contributed by atoms with E-state index in [1.54, 1.807) is 0 Å². The third-order valence-corrected chi connectivity index (χ3v) is 6.28. The number of carbonyl (C=O) groups excluding carboxylic acids is 2. The fourth-order valence-corrected chi connectivity index (χ4v) is 4.49. The monoisotopic (exact) mass is 373 g/mol. The van der Waals surface area contributed by atoms with Gasteiger partial charge in [0.05, 0.1) is 12.5 Å². The number of piperidine rings is 2. The summed E-state index contributed by atoms with van der Waals surface area (Å²) in [5, 5.41) is 3.03. The summed E-state index contributed by atoms with van der Waals surface area (Å²) >= 11 is 0. The number of likely N-dealkylation sites (tertiary alicyclic amines) is 2. The van der Waals surface area contributed by atoms with Gasteiger partial charge in [0.15, 0.2) is 0 Å². The molecule has 1 N–H and O–H groups in total. The Morgan fingerprint density at radius 1 is 1.07 bits per heavy atom. The van der Waals surface area contributed by atoms with E-state index in [0.29, 0.717) is 24.4 Å². The van der Waals surface area contributed by atoms with Gasteiger partial charge < -0.3 is 14.6 Å². The summed E-state index contributed by atoms with van der Waals surface area (Å²) in [6.45, 7) is 6.04. The van der Waals surface area contributed by atoms with E-state index in [4.69, 9.17) is 4.42 Å². The number of nitrogens with one attached hydrogen (secondary N) is 1. The van der Waals surface area contributed by atoms with Crippen LogP contribution < -0.4 is 5.32 Å². The van der Waals surface area contributed by atoms with Gasteiger partial charge in [-0.15, -0.1) is 0 Å². The highest BCUT2D eigenvalue weighted by Gasteiger charge is 2.37. The van der Waals surface area contributed by atoms with E-state index in [-0.39, 0.29) is 11.8 Å². The Bertz CT molecular complexity index is 674. The average molecular weight is 373 g/mol. The fraction of sp³-hybridized carbons (Fsp3) is 0.714. The second-order valence-corrected chi connectivity index (χ2v) is 8.39. The van der Waals surface area contributed by atoms with Gasteiger partial charge in [-0.05, 0) is 64.1 Å². The van der Waals surface area contributed by atoms with Gasteiger partial charge in [0.2, 0.25) is 11.8 Å². The van der Waals surface area contributed by atoms with Gasteiger partial charge in [-0.2, -0.15) is 0 Å². The number of amides is 2. The van der Waals surface area contributed by atoms with Gasteiger partial charge >= 0.3 is 0 Å². The molecule has 1 aromatic rings. The van der Waals surface area contributed by atoms with Gasteiger partial charge in [0.25, 0.3) is 0 Å². The van der Waals surface area contributed by atoms with E-state index in [9.17, 15) is 9.59 Å². The molecular formula is C21H31N3O3. The van der Waals surface area contributed by atoms with Crippen molar-refractivity contribution in [1.29, 1.82) is 0 Å². The molecular weight excluding hydrogens is 342 g/mol. The van der Waals surface area contributed by atoms with Crippen LogP contribution in [0.15, 0.2) is 16.5 Å². The Morgan fingerprint density at radius 3 is 2.52 bits per heavy atom. The van der Waals surface area contributed by atoms with Crippen LogP contribution in [0.25, 0.3) is 0 Å². The second-order valence-electron chi connectivity index (χ2n) is 8.39. The summed E-state index contributed by atoms with van der Waals surface area (Å²) in [6.07, 6.45) is 6.27. The minimum atomic E-state index is 0.0564. The summed E-state index contributed by atoms with van der Waals surface area (Å²) in [7, 11) is 0. The van der Waals surface area contributed by atoms with Crippen molar-refractivity contribution in [3.8, 4) is 0 Å². The number of nitrogens with zero attached hydrogens (tertiary/aromatic N) is 2. The van der Waals surface area contributed by atoms with Crippen LogP contribution in [0.5, 0.6) is 0 Å². The molecule has 0 bridgehead atoms. The highest BCUT2D eigenvalue weighted by atomic mass is 16.3. The molecule has 2 saturated heterocycles. The molecule has 4 rings (SSSR count). The molecule has 0 spiro atoms. The molecule has 1 aromatic heterocycles. The standard InChI is InChI=1S/C21H31N3O3/c1-15-4-7-19(27-15)13-22-20(25)17-3-2-10-24(14-17)18-8-11-23(12-9-18)21(26)16-5-6-16/h4,7,16-18H,2-3,5-6,8-14H2,1H3,(H,22,25)/t17-/m0/s1. The van der Waals surface area contributed by atoms with Crippen LogP contribution in [0.4, 0.5) is 0 Å². The van der Waals surface area contributed by atoms with Crippen molar-refractivity contribution in [3.05, 3.63) is 23.7 Å². The number of carbonyl (C=O) groups is 2. The lowest BCUT2D eigenvalue weighted by Gasteiger charge is -2.42. The zero-order valence-corrected chi connectivity index (χ0v) is 16.3. The Balaban J connectivity index is 1.24. The zero-order valence-electron chi connectivity index (χ0n) is 16.3. The van der Waals surface area contributed by atoms with Gasteiger partial charge in [0.1, 0.15) is 11.5 Å². The van der Waals surface area contributed by atoms with Crippen LogP contribution in [0.1, 0.15) is 50.0 Å². The Kier molecular flexibility index (Phi) is 5.53. The van der Waals surface area contributed by atoms with E-state index in [1.807, 2.05) is 19.1 Å². The van der Waals surface area contributed by atoms with Crippen molar-refractivity contribution in [2.75, 3.05) is 26.2 Å². The van der Waals surface area contributed by atoms with E-state index in [0.717, 1.165) is 76.2 Å². The average Bonchev–Trinajstić information content (AvgIpc) is 3.47. The number of aryl methyl sites for hydroxylation is 1. The highest BCUT2D eigenvalue weighted by Crippen LogP contribution is 2.32. The minimum Gasteiger partial charge on any atom is -0.465 e. The maximum atomic E-state index is 12.6. The summed E-state index contributed by atoms with van der Waals surface area (Å²) in [6, 6.07) is 4.35. The summed E-state index contributed by atoms with van der Waals surface area (Å²) in [5.74, 6) is 2.56. The van der Waals surface area contributed by atoms with Crippen LogP contribution in [0.2, 0.25) is 0 Å². The maximum absolute atomic E-state index is 12.6. The quantitative estimate of drug-likeness (QED) is 0.860. The second kappa shape index (κ2) is 8.05. The molecule has 0 aromatic carbocycles. The molecule has 6 heteroatoms. The number of hydrogen-bond donors (Lipinski definition) is 1. The highest BCUT2D eigenvalue weighted by molar-refractivity contribution is 5.81. The topological polar surface area (TPSA) is 65.8 Å². The molecule has 6 nitrogen and oxygen atoms in total. The molecule has 27 heavy (non-hydrogen) atoms. The van der Waals surface area contributed by atoms with Gasteiger partial charge in [-0.25, -0.2) is 0 Å². The molecule has 3 fully saturated rings. The molecule has 3 aliphatic rings. The third-order valence-electron chi connectivity index (χ3n) is 6.28. The lowest BCUT2D eigenvalue weighted by molar-refractivity contribution is -0.134. The molecule has 1 aliphatic carbocycles. The van der Waals surface area contributed by atoms with Crippen molar-refractivity contribution in [3.63, 3.8) is 0 Å². The molecule has 1 saturated carbocycles. The van der Waals surface area contributed by atoms with E-state index < -0.39 is 0 Å². The number of hydrogen-bond acceptors (Lipinski definition) is 4. The third kappa shape index (κ3) is 4.54. The van der Waals surface area contributed by atoms with Gasteiger partial charge in [-0.1, -0.05) is 0 Å². The van der Waals surface area contributed by atoms with Crippen LogP contribution in [-0.4, -0.2) is 53.8 Å². The van der Waals surface area contributed by atoms with Crippen LogP contribution >= 0.6 is 0 Å². The Hall–Kier alpha value is -1.82. The van der Waals surface area contributed by atoms with Crippen LogP contribution in [-0.2, 0) is 16.1 Å². The molecule has 1 atom stereocenters. The smallest absolute Gasteiger partial charge is 0.225 e. The number of rotatable bonds is 5. The van der Waals surface area contributed by atoms with Crippen molar-refractivity contribution in [2.45, 2.75) is 58.0 Å². The molecule has 0 unspecified atom stereocenters. The van der Waals surface area contributed by atoms with Gasteiger partial charge in [-0.3, -0.25) is 14.5 Å². The molecule has 0 radical (unpaired) electrons. The zero-order chi connectivity index (χ0) is 18.8. The van der Waals surface area contributed by atoms with E-state index in [1.165, 1.54) is 0 Å². The fourth-order valence-electron chi connectivity index (χ4n) is 4.49. The largest absolute Gasteiger partial charge is 0.465 e. The summed E-state index contributed by atoms with van der Waals surface area (Å²) < 4.78 is 5.53. The maximum Gasteiger partial charge on any atom is 0.225 e. The van der Waals surface area contributed by atoms with Crippen LogP contribution in [0, 0.1) is 18.8 Å². The molecule has 148 valence electrons. The Morgan fingerprint density at radius 2 is 1.85 bits per heavy atom. The first-order chi connectivity index (χ1) is 13.1. The first-order valence-corrected chi connectivity index (χ1v) is 10.5. The van der Waals surface area contributed by atoms with E-state index >= 15 is 0 Å². The van der Waals surface area contributed by atoms with Crippen molar-refractivity contribution >= 4 is 11.8 Å². The predicted molar refractivity (Wildman–Crippen MR) is 102 cm³/mol. The lowest BCUT2D eigenvalue weighted by Crippen LogP contribution is -2.51. The first kappa shape index (κ1) is 18.5. The first-order valence-electron chi connectivity index (χ1n) is 10.5. The summed E-state index contributed by atoms with van der Waals surface area (Å²) in [4.78, 5) is 29.4. The van der Waals surface area contributed by atoms with Crippen LogP contribution in [0.3, 0.4) is 0 Å². The molecule has 2 amide bonds. The SMILES string of the molecule is Cc1ccc(CNC(=O)[C@H]2CCCN(C3CCN(C(=O)C4CC4)CC3)C2)o1. The molecule has 3 heterocycles. The Labute approximate surface area is 161 Å². The van der Waals surface area contributed by atoms with Crippen molar-refractivity contribution in [1.82, 2.24) is 15.1 Å². The van der Waals surface area contributed by atoms with Gasteiger partial charge in [0, 0.05) is 31.6 Å². The lowest BCUT2D eigenvalue weighted by atomic mass is 9.93. The van der Waals surface area contributed by atoms with Crippen molar-refractivity contribution < 1.29 is 14.0 Å². The summed E-state index contributed by atoms with van der Waals surface area (Å²) in [5.41, 5.74) is 0. The molecule has 2 aliphatic heterocycles. The van der Waals surface area contributed by atoms with E-state index in [2.05, 4.69) is 15.1 Å². The normalized spacial score (nSPS) is 24.8. The van der Waals surface area contributed by atoms with Crippen molar-refractivity contribution in [2.24, 2.45) is 11.8 Å². The number of furan rings is 1.